The predicted molar refractivity (Wildman–Crippen MR) is 68.6 cm³/mol. The molecule has 2 unspecified atom stereocenters. The lowest BCUT2D eigenvalue weighted by molar-refractivity contribution is 0.439. The molecule has 1 aliphatic heterocycles. The van der Waals surface area contributed by atoms with Crippen molar-refractivity contribution < 1.29 is 0 Å². The van der Waals surface area contributed by atoms with E-state index in [0.29, 0.717) is 10.8 Å². The van der Waals surface area contributed by atoms with Crippen molar-refractivity contribution in [1.82, 2.24) is 10.6 Å². The molecule has 1 heterocycles. The Morgan fingerprint density at radius 3 is 2.87 bits per heavy atom. The predicted octanol–water partition coefficient (Wildman–Crippen LogP) is 2.00. The summed E-state index contributed by atoms with van der Waals surface area (Å²) in [7, 11) is 0. The number of hydrogen-bond acceptors (Lipinski definition) is 3. The molecule has 0 bridgehead atoms. The normalized spacial score (nSPS) is 30.4. The van der Waals surface area contributed by atoms with Gasteiger partial charge in [0.2, 0.25) is 0 Å². The van der Waals surface area contributed by atoms with Gasteiger partial charge in [0.1, 0.15) is 0 Å². The number of nitrogens with one attached hydrogen (secondary N) is 2. The molecule has 15 heavy (non-hydrogen) atoms. The molecule has 88 valence electrons. The van der Waals surface area contributed by atoms with E-state index in [1.165, 1.54) is 45.2 Å². The number of thioether (sulfide) groups is 1. The van der Waals surface area contributed by atoms with Crippen LogP contribution in [0.2, 0.25) is 0 Å². The van der Waals surface area contributed by atoms with Gasteiger partial charge in [0.25, 0.3) is 0 Å². The standard InChI is InChI=1S/C12H24N2S/c1-10(8-11-4-3-7-13-11)14-9-12(15-2)5-6-12/h10-11,13-14H,3-9H2,1-2H3. The highest BCUT2D eigenvalue weighted by Crippen LogP contribution is 2.46. The van der Waals surface area contributed by atoms with Crippen LogP contribution in [0.25, 0.3) is 0 Å². The van der Waals surface area contributed by atoms with E-state index in [0.717, 1.165) is 6.04 Å². The van der Waals surface area contributed by atoms with E-state index < -0.39 is 0 Å². The third-order valence-electron chi connectivity index (χ3n) is 3.81. The van der Waals surface area contributed by atoms with Crippen molar-refractivity contribution in [1.29, 1.82) is 0 Å². The molecule has 2 rings (SSSR count). The van der Waals surface area contributed by atoms with Crippen LogP contribution in [0.1, 0.15) is 39.0 Å². The summed E-state index contributed by atoms with van der Waals surface area (Å²) in [5, 5.41) is 7.27. The Bertz CT molecular complexity index is 198. The van der Waals surface area contributed by atoms with Gasteiger partial charge in [0.05, 0.1) is 0 Å². The Morgan fingerprint density at radius 1 is 1.53 bits per heavy atom. The maximum absolute atomic E-state index is 3.70. The van der Waals surface area contributed by atoms with Gasteiger partial charge in [0, 0.05) is 23.4 Å². The lowest BCUT2D eigenvalue weighted by Gasteiger charge is -2.21. The molecule has 0 radical (unpaired) electrons. The summed E-state index contributed by atoms with van der Waals surface area (Å²) in [4.78, 5) is 0. The zero-order chi connectivity index (χ0) is 10.7. The molecule has 2 fully saturated rings. The molecule has 1 saturated carbocycles. The van der Waals surface area contributed by atoms with Gasteiger partial charge in [-0.05, 0) is 51.8 Å². The fraction of sp³-hybridized carbons (Fsp3) is 1.00. The van der Waals surface area contributed by atoms with Gasteiger partial charge >= 0.3 is 0 Å². The molecule has 2 N–H and O–H groups in total. The lowest BCUT2D eigenvalue weighted by Crippen LogP contribution is -2.37. The second-order valence-corrected chi connectivity index (χ2v) is 6.47. The molecular formula is C12H24N2S. The summed E-state index contributed by atoms with van der Waals surface area (Å²) >= 11 is 2.04. The first kappa shape index (κ1) is 11.7. The second-order valence-electron chi connectivity index (χ2n) is 5.20. The van der Waals surface area contributed by atoms with Crippen LogP contribution < -0.4 is 10.6 Å². The van der Waals surface area contributed by atoms with E-state index in [1.54, 1.807) is 0 Å². The molecule has 2 atom stereocenters. The van der Waals surface area contributed by atoms with Gasteiger partial charge in [-0.1, -0.05) is 0 Å². The van der Waals surface area contributed by atoms with Crippen molar-refractivity contribution in [2.24, 2.45) is 0 Å². The largest absolute Gasteiger partial charge is 0.314 e. The Kier molecular flexibility index (Phi) is 3.97. The average molecular weight is 228 g/mol. The van der Waals surface area contributed by atoms with Crippen LogP contribution in [-0.4, -0.2) is 36.2 Å². The fourth-order valence-electron chi connectivity index (χ4n) is 2.42. The number of hydrogen-bond donors (Lipinski definition) is 2. The van der Waals surface area contributed by atoms with Crippen molar-refractivity contribution in [3.63, 3.8) is 0 Å². The van der Waals surface area contributed by atoms with E-state index in [-0.39, 0.29) is 0 Å². The van der Waals surface area contributed by atoms with Crippen LogP contribution in [0.5, 0.6) is 0 Å². The van der Waals surface area contributed by atoms with Gasteiger partial charge in [-0.3, -0.25) is 0 Å². The summed E-state index contributed by atoms with van der Waals surface area (Å²) in [5.74, 6) is 0. The molecular weight excluding hydrogens is 204 g/mol. The van der Waals surface area contributed by atoms with E-state index in [9.17, 15) is 0 Å². The molecule has 0 aromatic heterocycles. The molecule has 2 aliphatic rings. The Balaban J connectivity index is 1.61. The van der Waals surface area contributed by atoms with Gasteiger partial charge in [-0.15, -0.1) is 0 Å². The smallest absolute Gasteiger partial charge is 0.0282 e. The number of rotatable bonds is 6. The second kappa shape index (κ2) is 5.07. The molecule has 3 heteroatoms. The van der Waals surface area contributed by atoms with Crippen LogP contribution in [0, 0.1) is 0 Å². The maximum atomic E-state index is 3.70. The first-order valence-electron chi connectivity index (χ1n) is 6.26. The van der Waals surface area contributed by atoms with E-state index in [2.05, 4.69) is 23.8 Å². The van der Waals surface area contributed by atoms with Crippen molar-refractivity contribution in [3.8, 4) is 0 Å². The lowest BCUT2D eigenvalue weighted by atomic mass is 10.1. The molecule has 0 aromatic rings. The minimum atomic E-state index is 0.608. The van der Waals surface area contributed by atoms with Crippen LogP contribution in [0.3, 0.4) is 0 Å². The summed E-state index contributed by atoms with van der Waals surface area (Å²) in [5.41, 5.74) is 0. The van der Waals surface area contributed by atoms with Gasteiger partial charge < -0.3 is 10.6 Å². The SMILES string of the molecule is CSC1(CNC(C)CC2CCCN2)CC1. The zero-order valence-corrected chi connectivity index (χ0v) is 10.8. The van der Waals surface area contributed by atoms with Gasteiger partial charge in [0.15, 0.2) is 0 Å². The highest BCUT2D eigenvalue weighted by molar-refractivity contribution is 8.00. The van der Waals surface area contributed by atoms with Crippen LogP contribution in [0.4, 0.5) is 0 Å². The third kappa shape index (κ3) is 3.36. The maximum Gasteiger partial charge on any atom is 0.0282 e. The molecule has 0 amide bonds. The summed E-state index contributed by atoms with van der Waals surface area (Å²) < 4.78 is 0.608. The van der Waals surface area contributed by atoms with Crippen molar-refractivity contribution >= 4 is 11.8 Å². The van der Waals surface area contributed by atoms with E-state index in [4.69, 9.17) is 0 Å². The Morgan fingerprint density at radius 2 is 2.33 bits per heavy atom. The Hall–Kier alpha value is 0.270. The first-order valence-corrected chi connectivity index (χ1v) is 7.48. The molecule has 1 aliphatic carbocycles. The van der Waals surface area contributed by atoms with Gasteiger partial charge in [-0.2, -0.15) is 11.8 Å². The highest BCUT2D eigenvalue weighted by atomic mass is 32.2. The van der Waals surface area contributed by atoms with Gasteiger partial charge in [-0.25, -0.2) is 0 Å². The fourth-order valence-corrected chi connectivity index (χ4v) is 3.16. The van der Waals surface area contributed by atoms with Crippen molar-refractivity contribution in [3.05, 3.63) is 0 Å². The average Bonchev–Trinajstić information content (AvgIpc) is 2.86. The topological polar surface area (TPSA) is 24.1 Å². The minimum Gasteiger partial charge on any atom is -0.314 e. The molecule has 0 aromatic carbocycles. The van der Waals surface area contributed by atoms with E-state index in [1.807, 2.05) is 11.8 Å². The minimum absolute atomic E-state index is 0.608. The van der Waals surface area contributed by atoms with E-state index >= 15 is 0 Å². The first-order chi connectivity index (χ1) is 7.24. The van der Waals surface area contributed by atoms with Crippen molar-refractivity contribution in [2.75, 3.05) is 19.3 Å². The van der Waals surface area contributed by atoms with Crippen LogP contribution >= 0.6 is 11.8 Å². The van der Waals surface area contributed by atoms with Crippen molar-refractivity contribution in [2.45, 2.75) is 55.9 Å². The highest BCUT2D eigenvalue weighted by Gasteiger charge is 2.41. The van der Waals surface area contributed by atoms with Crippen LogP contribution in [0.15, 0.2) is 0 Å². The zero-order valence-electron chi connectivity index (χ0n) is 10.0. The quantitative estimate of drug-likeness (QED) is 0.727. The summed E-state index contributed by atoms with van der Waals surface area (Å²) in [6.45, 7) is 4.77. The summed E-state index contributed by atoms with van der Waals surface area (Å²) in [6.07, 6.45) is 9.11. The summed E-state index contributed by atoms with van der Waals surface area (Å²) in [6, 6.07) is 1.45. The molecule has 1 saturated heterocycles. The monoisotopic (exact) mass is 228 g/mol. The van der Waals surface area contributed by atoms with Crippen LogP contribution in [-0.2, 0) is 0 Å². The molecule has 2 nitrogen and oxygen atoms in total. The Labute approximate surface area is 98.0 Å². The molecule has 0 spiro atoms. The third-order valence-corrected chi connectivity index (χ3v) is 5.23.